The molecule has 0 bridgehead atoms. The predicted molar refractivity (Wildman–Crippen MR) is 154 cm³/mol. The van der Waals surface area contributed by atoms with Crippen molar-refractivity contribution < 1.29 is 29.0 Å². The van der Waals surface area contributed by atoms with E-state index in [1.807, 2.05) is 37.3 Å². The highest BCUT2D eigenvalue weighted by molar-refractivity contribution is 5.99. The van der Waals surface area contributed by atoms with Crippen LogP contribution in [-0.2, 0) is 22.1 Å². The molecule has 0 saturated carbocycles. The van der Waals surface area contributed by atoms with Gasteiger partial charge in [0.05, 0.1) is 18.5 Å². The van der Waals surface area contributed by atoms with E-state index in [2.05, 4.69) is 15.7 Å². The highest BCUT2D eigenvalue weighted by Gasteiger charge is 2.37. The molecule has 3 N–H and O–H groups in total. The van der Waals surface area contributed by atoms with Crippen LogP contribution in [0.4, 0.5) is 10.5 Å². The lowest BCUT2D eigenvalue weighted by Gasteiger charge is -2.27. The van der Waals surface area contributed by atoms with Gasteiger partial charge in [-0.1, -0.05) is 54.6 Å². The number of amides is 2. The number of ether oxygens (including phenoxy) is 2. The van der Waals surface area contributed by atoms with Gasteiger partial charge in [0.25, 0.3) is 5.91 Å². The molecule has 0 saturated heterocycles. The fraction of sp³-hybridized carbons (Fsp3) is 0.226. The summed E-state index contributed by atoms with van der Waals surface area (Å²) < 4.78 is 12.3. The summed E-state index contributed by atoms with van der Waals surface area (Å²) in [5, 5.41) is 19.9. The minimum absolute atomic E-state index is 0.257. The van der Waals surface area contributed by atoms with E-state index in [4.69, 9.17) is 9.47 Å². The second kappa shape index (κ2) is 12.0. The standard InChI is InChI=1S/C31H32N4O6/c1-19-26(32-30(39)41-20(2)21-9-7-6-8-10-21)27(34-35(19)4)22-11-13-23(14-12-22)28(36)33-31(3,29(37)38)24-15-17-25(40-5)18-16-24/h6-18,20H,1-5H3,(H,32,39)(H,33,36)(H,37,38). The average Bonchev–Trinajstić information content (AvgIpc) is 3.25. The Bertz CT molecular complexity index is 1550. The van der Waals surface area contributed by atoms with Crippen LogP contribution in [0.15, 0.2) is 78.9 Å². The molecule has 0 aliphatic heterocycles. The number of carbonyl (C=O) groups is 3. The summed E-state index contributed by atoms with van der Waals surface area (Å²) in [7, 11) is 3.27. The van der Waals surface area contributed by atoms with Crippen LogP contribution >= 0.6 is 0 Å². The molecule has 4 aromatic rings. The zero-order valence-corrected chi connectivity index (χ0v) is 23.5. The van der Waals surface area contributed by atoms with Crippen LogP contribution < -0.4 is 15.4 Å². The van der Waals surface area contributed by atoms with Gasteiger partial charge in [0.15, 0.2) is 5.54 Å². The molecule has 4 rings (SSSR count). The fourth-order valence-corrected chi connectivity index (χ4v) is 4.30. The van der Waals surface area contributed by atoms with Crippen molar-refractivity contribution in [2.75, 3.05) is 12.4 Å². The zero-order chi connectivity index (χ0) is 29.7. The predicted octanol–water partition coefficient (Wildman–Crippen LogP) is 5.44. The lowest BCUT2D eigenvalue weighted by Crippen LogP contribution is -2.49. The number of hydrogen-bond donors (Lipinski definition) is 3. The van der Waals surface area contributed by atoms with Crippen molar-refractivity contribution in [1.29, 1.82) is 0 Å². The summed E-state index contributed by atoms with van der Waals surface area (Å²) in [4.78, 5) is 38.0. The van der Waals surface area contributed by atoms with Crippen molar-refractivity contribution in [3.63, 3.8) is 0 Å². The van der Waals surface area contributed by atoms with E-state index in [-0.39, 0.29) is 5.56 Å². The van der Waals surface area contributed by atoms with Crippen molar-refractivity contribution in [3.8, 4) is 17.0 Å². The first-order valence-corrected chi connectivity index (χ1v) is 12.9. The maximum atomic E-state index is 13.1. The molecule has 3 aromatic carbocycles. The van der Waals surface area contributed by atoms with Gasteiger partial charge in [0.2, 0.25) is 0 Å². The third-order valence-corrected chi connectivity index (χ3v) is 6.99. The van der Waals surface area contributed by atoms with Crippen molar-refractivity contribution >= 4 is 23.7 Å². The normalized spacial score (nSPS) is 13.0. The molecule has 1 heterocycles. The van der Waals surface area contributed by atoms with E-state index < -0.39 is 29.6 Å². The molecule has 10 heteroatoms. The highest BCUT2D eigenvalue weighted by Crippen LogP contribution is 2.31. The first-order chi connectivity index (χ1) is 19.5. The van der Waals surface area contributed by atoms with Gasteiger partial charge in [0, 0.05) is 18.2 Å². The third kappa shape index (κ3) is 6.22. The van der Waals surface area contributed by atoms with Gasteiger partial charge in [0.1, 0.15) is 17.5 Å². The van der Waals surface area contributed by atoms with E-state index in [1.54, 1.807) is 67.2 Å². The summed E-state index contributed by atoms with van der Waals surface area (Å²) in [6, 6.07) is 22.4. The van der Waals surface area contributed by atoms with Crippen LogP contribution in [0.2, 0.25) is 0 Å². The Morgan fingerprint density at radius 3 is 2.20 bits per heavy atom. The van der Waals surface area contributed by atoms with Gasteiger partial charge in [-0.2, -0.15) is 5.10 Å². The summed E-state index contributed by atoms with van der Waals surface area (Å²) in [6.45, 7) is 5.04. The molecule has 2 amide bonds. The molecule has 2 atom stereocenters. The first-order valence-electron chi connectivity index (χ1n) is 12.9. The van der Waals surface area contributed by atoms with Crippen LogP contribution in [0.3, 0.4) is 0 Å². The smallest absolute Gasteiger partial charge is 0.412 e. The maximum Gasteiger partial charge on any atom is 0.412 e. The molecule has 0 spiro atoms. The monoisotopic (exact) mass is 556 g/mol. The Balaban J connectivity index is 1.52. The van der Waals surface area contributed by atoms with E-state index in [1.165, 1.54) is 14.0 Å². The average molecular weight is 557 g/mol. The molecule has 10 nitrogen and oxygen atoms in total. The Morgan fingerprint density at radius 2 is 1.61 bits per heavy atom. The lowest BCUT2D eigenvalue weighted by molar-refractivity contribution is -0.144. The zero-order valence-electron chi connectivity index (χ0n) is 23.5. The van der Waals surface area contributed by atoms with Crippen molar-refractivity contribution in [2.45, 2.75) is 32.4 Å². The van der Waals surface area contributed by atoms with E-state index >= 15 is 0 Å². The number of anilines is 1. The van der Waals surface area contributed by atoms with Crippen molar-refractivity contribution in [1.82, 2.24) is 15.1 Å². The third-order valence-electron chi connectivity index (χ3n) is 6.99. The van der Waals surface area contributed by atoms with Crippen LogP contribution in [0, 0.1) is 6.92 Å². The van der Waals surface area contributed by atoms with E-state index in [9.17, 15) is 19.5 Å². The van der Waals surface area contributed by atoms with Crippen molar-refractivity contribution in [2.24, 2.45) is 7.05 Å². The van der Waals surface area contributed by atoms with Crippen molar-refractivity contribution in [3.05, 3.63) is 101 Å². The Kier molecular flexibility index (Phi) is 8.42. The molecule has 2 unspecified atom stereocenters. The topological polar surface area (TPSA) is 132 Å². The van der Waals surface area contributed by atoms with Gasteiger partial charge >= 0.3 is 12.1 Å². The number of nitrogens with one attached hydrogen (secondary N) is 2. The quantitative estimate of drug-likeness (QED) is 0.250. The van der Waals surface area contributed by atoms with Gasteiger partial charge < -0.3 is 19.9 Å². The molecule has 0 radical (unpaired) electrons. The Labute approximate surface area is 237 Å². The SMILES string of the molecule is COc1ccc(C(C)(NC(=O)c2ccc(-c3nn(C)c(C)c3NC(=O)OC(C)c3ccccc3)cc2)C(=O)O)cc1. The largest absolute Gasteiger partial charge is 0.497 e. The second-order valence-electron chi connectivity index (χ2n) is 9.71. The minimum atomic E-state index is -1.67. The maximum absolute atomic E-state index is 13.1. The molecule has 1 aromatic heterocycles. The molecule has 212 valence electrons. The number of rotatable bonds is 9. The first kappa shape index (κ1) is 28.9. The van der Waals surface area contributed by atoms with Gasteiger partial charge in [-0.3, -0.25) is 14.8 Å². The summed E-state index contributed by atoms with van der Waals surface area (Å²) >= 11 is 0. The number of carboxylic acids is 1. The molecule has 0 aliphatic rings. The number of aliphatic carboxylic acids is 1. The number of hydrogen-bond acceptors (Lipinski definition) is 6. The van der Waals surface area contributed by atoms with Crippen LogP contribution in [0.1, 0.15) is 47.1 Å². The van der Waals surface area contributed by atoms with Gasteiger partial charge in [-0.25, -0.2) is 9.59 Å². The summed E-state index contributed by atoms with van der Waals surface area (Å²) in [5.41, 5.74) is 2.18. The summed E-state index contributed by atoms with van der Waals surface area (Å²) in [5.74, 6) is -1.20. The van der Waals surface area contributed by atoms with Gasteiger partial charge in [-0.05, 0) is 56.2 Å². The van der Waals surface area contributed by atoms with Crippen LogP contribution in [0.25, 0.3) is 11.3 Å². The highest BCUT2D eigenvalue weighted by atomic mass is 16.6. The number of methoxy groups -OCH3 is 1. The second-order valence-corrected chi connectivity index (χ2v) is 9.71. The lowest BCUT2D eigenvalue weighted by atomic mass is 9.91. The number of nitrogens with zero attached hydrogens (tertiary/aromatic N) is 2. The number of carboxylic acid groups (broad SMARTS) is 1. The number of aryl methyl sites for hydroxylation is 1. The fourth-order valence-electron chi connectivity index (χ4n) is 4.30. The Hall–Kier alpha value is -5.12. The molecule has 0 fully saturated rings. The van der Waals surface area contributed by atoms with Crippen LogP contribution in [0.5, 0.6) is 5.75 Å². The Morgan fingerprint density at radius 1 is 0.976 bits per heavy atom. The molecule has 41 heavy (non-hydrogen) atoms. The number of benzene rings is 3. The number of aromatic nitrogens is 2. The number of carbonyl (C=O) groups excluding carboxylic acids is 2. The van der Waals surface area contributed by atoms with E-state index in [0.29, 0.717) is 34.0 Å². The molecular weight excluding hydrogens is 524 g/mol. The summed E-state index contributed by atoms with van der Waals surface area (Å²) in [6.07, 6.45) is -1.08. The van der Waals surface area contributed by atoms with Gasteiger partial charge in [-0.15, -0.1) is 0 Å². The van der Waals surface area contributed by atoms with Crippen LogP contribution in [-0.4, -0.2) is 40.0 Å². The molecule has 0 aliphatic carbocycles. The van der Waals surface area contributed by atoms with E-state index in [0.717, 1.165) is 5.56 Å². The molecular formula is C31H32N4O6. The minimum Gasteiger partial charge on any atom is -0.497 e.